The van der Waals surface area contributed by atoms with Crippen LogP contribution in [0, 0.1) is 0 Å². The Bertz CT molecular complexity index is 178. The van der Waals surface area contributed by atoms with Crippen LogP contribution >= 0.6 is 7.82 Å². The fraction of sp³-hybridized carbons (Fsp3) is 1.00. The van der Waals surface area contributed by atoms with Crippen LogP contribution in [0.3, 0.4) is 0 Å². The van der Waals surface area contributed by atoms with E-state index in [-0.39, 0.29) is 6.61 Å². The van der Waals surface area contributed by atoms with E-state index in [1.165, 1.54) is 0 Å². The highest BCUT2D eigenvalue weighted by molar-refractivity contribution is 7.46. The maximum atomic E-state index is 10.3. The molecule has 0 saturated carbocycles. The van der Waals surface area contributed by atoms with E-state index in [4.69, 9.17) is 9.79 Å². The summed E-state index contributed by atoms with van der Waals surface area (Å²) in [5.41, 5.74) is 0. The topological polar surface area (TPSA) is 70.0 Å². The summed E-state index contributed by atoms with van der Waals surface area (Å²) in [7, 11) is -4.26. The largest absolute Gasteiger partial charge is 0.469 e. The van der Waals surface area contributed by atoms with Gasteiger partial charge in [0.2, 0.25) is 0 Å². The molecule has 0 aliphatic carbocycles. The van der Waals surface area contributed by atoms with Crippen molar-refractivity contribution in [3.05, 3.63) is 0 Å². The molecule has 0 aliphatic rings. The van der Waals surface area contributed by atoms with Gasteiger partial charge in [-0.2, -0.15) is 0 Å². The lowest BCUT2D eigenvalue weighted by molar-refractivity contribution is 0.189. The van der Waals surface area contributed by atoms with Gasteiger partial charge in [0.25, 0.3) is 0 Å². The van der Waals surface area contributed by atoms with Crippen molar-refractivity contribution in [2.75, 3.05) is 26.2 Å². The van der Waals surface area contributed by atoms with Crippen LogP contribution in [0.2, 0.25) is 0 Å². The van der Waals surface area contributed by atoms with Crippen molar-refractivity contribution in [3.63, 3.8) is 0 Å². The second-order valence-electron chi connectivity index (χ2n) is 3.06. The van der Waals surface area contributed by atoms with Gasteiger partial charge in [-0.3, -0.25) is 4.52 Å². The van der Waals surface area contributed by atoms with Crippen molar-refractivity contribution in [1.29, 1.82) is 0 Å². The Hall–Kier alpha value is 0.0700. The maximum absolute atomic E-state index is 10.3. The molecule has 0 aromatic rings. The summed E-state index contributed by atoms with van der Waals surface area (Å²) in [6.45, 7) is 7.29. The molecule has 0 aromatic carbocycles. The average Bonchev–Trinajstić information content (AvgIpc) is 2.09. The van der Waals surface area contributed by atoms with Gasteiger partial charge in [0, 0.05) is 0 Å². The molecule has 0 unspecified atom stereocenters. The number of hydrogen-bond acceptors (Lipinski definition) is 3. The molecule has 0 spiro atoms. The Morgan fingerprint density at radius 1 is 1.21 bits per heavy atom. The number of unbranched alkanes of at least 4 members (excludes halogenated alkanes) is 1. The lowest BCUT2D eigenvalue weighted by Gasteiger charge is -2.17. The molecule has 0 aliphatic heterocycles. The zero-order valence-corrected chi connectivity index (χ0v) is 9.74. The monoisotopic (exact) mass is 225 g/mol. The highest BCUT2D eigenvalue weighted by Gasteiger charge is 2.12. The van der Waals surface area contributed by atoms with E-state index in [0.717, 1.165) is 26.1 Å². The van der Waals surface area contributed by atoms with E-state index in [1.807, 2.05) is 0 Å². The van der Waals surface area contributed by atoms with Gasteiger partial charge >= 0.3 is 7.82 Å². The summed E-state index contributed by atoms with van der Waals surface area (Å²) in [5, 5.41) is 0. The third-order valence-corrected chi connectivity index (χ3v) is 2.54. The Morgan fingerprint density at radius 3 is 2.21 bits per heavy atom. The van der Waals surface area contributed by atoms with E-state index >= 15 is 0 Å². The van der Waals surface area contributed by atoms with E-state index in [0.29, 0.717) is 6.42 Å². The first-order valence-electron chi connectivity index (χ1n) is 4.92. The second-order valence-corrected chi connectivity index (χ2v) is 4.30. The Balaban J connectivity index is 3.33. The lowest BCUT2D eigenvalue weighted by Crippen LogP contribution is -2.24. The highest BCUT2D eigenvalue weighted by atomic mass is 31.2. The smallest absolute Gasteiger partial charge is 0.304 e. The van der Waals surface area contributed by atoms with Crippen molar-refractivity contribution in [1.82, 2.24) is 4.90 Å². The minimum absolute atomic E-state index is 0.131. The molecule has 0 heterocycles. The zero-order chi connectivity index (χ0) is 11.0. The third kappa shape index (κ3) is 8.66. The third-order valence-electron chi connectivity index (χ3n) is 2.02. The minimum Gasteiger partial charge on any atom is -0.304 e. The summed E-state index contributed by atoms with van der Waals surface area (Å²) < 4.78 is 14.6. The van der Waals surface area contributed by atoms with Crippen LogP contribution in [-0.2, 0) is 9.09 Å². The molecular weight excluding hydrogens is 205 g/mol. The molecule has 0 atom stereocenters. The van der Waals surface area contributed by atoms with Crippen molar-refractivity contribution < 1.29 is 18.9 Å². The molecule has 0 aromatic heterocycles. The first-order chi connectivity index (χ1) is 6.49. The fourth-order valence-electron chi connectivity index (χ4n) is 1.16. The molecule has 6 heteroatoms. The quantitative estimate of drug-likeness (QED) is 0.480. The Labute approximate surface area is 85.3 Å². The van der Waals surface area contributed by atoms with Gasteiger partial charge in [0.05, 0.1) is 6.61 Å². The number of phosphoric ester groups is 1. The first kappa shape index (κ1) is 14.1. The predicted octanol–water partition coefficient (Wildman–Crippen LogP) is 1.22. The fourth-order valence-corrected chi connectivity index (χ4v) is 1.53. The van der Waals surface area contributed by atoms with Crippen molar-refractivity contribution in [2.45, 2.75) is 26.7 Å². The highest BCUT2D eigenvalue weighted by Crippen LogP contribution is 2.35. The molecule has 0 radical (unpaired) electrons. The van der Waals surface area contributed by atoms with Crippen LogP contribution in [0.1, 0.15) is 26.7 Å². The summed E-state index contributed by atoms with van der Waals surface area (Å²) in [4.78, 5) is 19.1. The van der Waals surface area contributed by atoms with Gasteiger partial charge in [-0.1, -0.05) is 13.8 Å². The van der Waals surface area contributed by atoms with Gasteiger partial charge in [-0.15, -0.1) is 0 Å². The van der Waals surface area contributed by atoms with Gasteiger partial charge in [0.1, 0.15) is 0 Å². The maximum Gasteiger partial charge on any atom is 0.469 e. The number of nitrogens with zero attached hydrogens (tertiary/aromatic N) is 1. The Morgan fingerprint density at radius 2 is 1.79 bits per heavy atom. The summed E-state index contributed by atoms with van der Waals surface area (Å²) in [6, 6.07) is 0. The number of rotatable bonds is 8. The van der Waals surface area contributed by atoms with E-state index in [9.17, 15) is 4.57 Å². The molecular formula is C8H20NO4P. The molecule has 5 nitrogen and oxygen atoms in total. The van der Waals surface area contributed by atoms with Crippen molar-refractivity contribution in [2.24, 2.45) is 0 Å². The second kappa shape index (κ2) is 7.37. The normalized spacial score (nSPS) is 12.4. The molecule has 0 fully saturated rings. The van der Waals surface area contributed by atoms with Gasteiger partial charge in [-0.25, -0.2) is 4.57 Å². The SMILES string of the molecule is CCN(CC)CCCCOP(=O)(O)O. The predicted molar refractivity (Wildman–Crippen MR) is 55.0 cm³/mol. The molecule has 2 N–H and O–H groups in total. The van der Waals surface area contributed by atoms with Gasteiger partial charge < -0.3 is 14.7 Å². The number of phosphoric acid groups is 1. The summed E-state index contributed by atoms with van der Waals surface area (Å²) in [6.07, 6.45) is 1.59. The molecule has 0 bridgehead atoms. The van der Waals surface area contributed by atoms with Crippen LogP contribution < -0.4 is 0 Å². The van der Waals surface area contributed by atoms with E-state index in [1.54, 1.807) is 0 Å². The van der Waals surface area contributed by atoms with Crippen molar-refractivity contribution in [3.8, 4) is 0 Å². The summed E-state index contributed by atoms with van der Waals surface area (Å²) in [5.74, 6) is 0. The summed E-state index contributed by atoms with van der Waals surface area (Å²) >= 11 is 0. The standard InChI is InChI=1S/C8H20NO4P/c1-3-9(4-2)7-5-6-8-13-14(10,11)12/h3-8H2,1-2H3,(H2,10,11,12). The van der Waals surface area contributed by atoms with Crippen LogP contribution in [0.4, 0.5) is 0 Å². The van der Waals surface area contributed by atoms with E-state index in [2.05, 4.69) is 23.3 Å². The van der Waals surface area contributed by atoms with Gasteiger partial charge in [-0.05, 0) is 32.5 Å². The van der Waals surface area contributed by atoms with Crippen LogP contribution in [-0.4, -0.2) is 40.9 Å². The van der Waals surface area contributed by atoms with Crippen LogP contribution in [0.5, 0.6) is 0 Å². The minimum atomic E-state index is -4.26. The number of hydrogen-bond donors (Lipinski definition) is 2. The van der Waals surface area contributed by atoms with Crippen LogP contribution in [0.15, 0.2) is 0 Å². The first-order valence-corrected chi connectivity index (χ1v) is 6.45. The molecule has 0 saturated heterocycles. The lowest BCUT2D eigenvalue weighted by atomic mass is 10.3. The van der Waals surface area contributed by atoms with Crippen LogP contribution in [0.25, 0.3) is 0 Å². The van der Waals surface area contributed by atoms with E-state index < -0.39 is 7.82 Å². The van der Waals surface area contributed by atoms with Crippen molar-refractivity contribution >= 4 is 7.82 Å². The Kier molecular flexibility index (Phi) is 7.41. The molecule has 0 rings (SSSR count). The molecule has 14 heavy (non-hydrogen) atoms. The average molecular weight is 225 g/mol. The molecule has 86 valence electrons. The zero-order valence-electron chi connectivity index (χ0n) is 8.85. The van der Waals surface area contributed by atoms with Gasteiger partial charge in [0.15, 0.2) is 0 Å². The molecule has 0 amide bonds.